The Morgan fingerprint density at radius 1 is 1.28 bits per heavy atom. The van der Waals surface area contributed by atoms with Crippen LogP contribution in [0.5, 0.6) is 5.88 Å². The van der Waals surface area contributed by atoms with Crippen LogP contribution in [0.1, 0.15) is 32.0 Å². The maximum absolute atomic E-state index is 12.5. The van der Waals surface area contributed by atoms with Crippen molar-refractivity contribution >= 4 is 29.2 Å². The molecular formula is C19H26N6O3S. The molecule has 1 aromatic carbocycles. The van der Waals surface area contributed by atoms with Crippen LogP contribution >= 0.6 is 11.8 Å². The largest absolute Gasteiger partial charge is 0.444 e. The minimum absolute atomic E-state index is 0.270. The fraction of sp³-hybridized carbons (Fsp3) is 0.421. The smallest absolute Gasteiger partial charge is 0.410 e. The van der Waals surface area contributed by atoms with Crippen LogP contribution in [0.3, 0.4) is 0 Å². The number of thioether (sulfide) groups is 1. The summed E-state index contributed by atoms with van der Waals surface area (Å²) in [6.45, 7) is 6.28. The van der Waals surface area contributed by atoms with Crippen molar-refractivity contribution in [1.82, 2.24) is 14.9 Å². The molecule has 0 saturated heterocycles. The van der Waals surface area contributed by atoms with E-state index < -0.39 is 5.60 Å². The van der Waals surface area contributed by atoms with Gasteiger partial charge in [-0.25, -0.2) is 15.6 Å². The molecule has 0 saturated carbocycles. The predicted octanol–water partition coefficient (Wildman–Crippen LogP) is 2.75. The molecule has 3 rings (SSSR count). The van der Waals surface area contributed by atoms with Gasteiger partial charge in [-0.3, -0.25) is 0 Å². The second-order valence-electron chi connectivity index (χ2n) is 7.57. The zero-order chi connectivity index (χ0) is 21.2. The SMILES string of the molecule is CSc1nc2c(c(ON(N)c3ccccc3N)n1)CN(C(=O)OC(C)(C)C)CC2. The number of nitrogens with zero attached hydrogens (tertiary/aromatic N) is 4. The van der Waals surface area contributed by atoms with Crippen molar-refractivity contribution < 1.29 is 14.4 Å². The summed E-state index contributed by atoms with van der Waals surface area (Å²) in [6, 6.07) is 7.09. The lowest BCUT2D eigenvalue weighted by Gasteiger charge is -2.31. The van der Waals surface area contributed by atoms with Gasteiger partial charge in [-0.15, -0.1) is 5.17 Å². The number of hydrogen-bond donors (Lipinski definition) is 2. The van der Waals surface area contributed by atoms with E-state index in [9.17, 15) is 4.79 Å². The average Bonchev–Trinajstić information content (AvgIpc) is 2.66. The maximum atomic E-state index is 12.5. The van der Waals surface area contributed by atoms with Gasteiger partial charge in [-0.2, -0.15) is 4.98 Å². The molecule has 156 valence electrons. The number of nitrogen functional groups attached to an aromatic ring is 1. The Morgan fingerprint density at radius 3 is 2.66 bits per heavy atom. The van der Waals surface area contributed by atoms with Crippen LogP contribution < -0.4 is 21.6 Å². The molecule has 1 amide bonds. The van der Waals surface area contributed by atoms with Crippen LogP contribution in [0.25, 0.3) is 0 Å². The lowest BCUT2D eigenvalue weighted by atomic mass is 10.1. The third kappa shape index (κ3) is 5.01. The predicted molar refractivity (Wildman–Crippen MR) is 112 cm³/mol. The lowest BCUT2D eigenvalue weighted by Crippen LogP contribution is -2.41. The second-order valence-corrected chi connectivity index (χ2v) is 8.34. The molecular weight excluding hydrogens is 392 g/mol. The van der Waals surface area contributed by atoms with Gasteiger partial charge in [-0.05, 0) is 39.2 Å². The minimum Gasteiger partial charge on any atom is -0.444 e. The zero-order valence-corrected chi connectivity index (χ0v) is 17.8. The van der Waals surface area contributed by atoms with Crippen molar-refractivity contribution in [1.29, 1.82) is 0 Å². The molecule has 1 aliphatic heterocycles. The highest BCUT2D eigenvalue weighted by Gasteiger charge is 2.30. The van der Waals surface area contributed by atoms with E-state index in [1.165, 1.54) is 11.8 Å². The molecule has 29 heavy (non-hydrogen) atoms. The summed E-state index contributed by atoms with van der Waals surface area (Å²) >= 11 is 1.41. The highest BCUT2D eigenvalue weighted by molar-refractivity contribution is 7.98. The van der Waals surface area contributed by atoms with Crippen LogP contribution in [0, 0.1) is 0 Å². The van der Waals surface area contributed by atoms with Crippen molar-refractivity contribution in [2.75, 3.05) is 23.7 Å². The molecule has 0 fully saturated rings. The molecule has 0 bridgehead atoms. The summed E-state index contributed by atoms with van der Waals surface area (Å²) < 4.78 is 5.49. The molecule has 0 unspecified atom stereocenters. The van der Waals surface area contributed by atoms with Gasteiger partial charge < -0.3 is 20.2 Å². The summed E-state index contributed by atoms with van der Waals surface area (Å²) in [4.78, 5) is 29.0. The van der Waals surface area contributed by atoms with Crippen LogP contribution in [0.2, 0.25) is 0 Å². The number of nitrogens with two attached hydrogens (primary N) is 2. The molecule has 2 heterocycles. The number of aromatic nitrogens is 2. The molecule has 4 N–H and O–H groups in total. The first-order valence-corrected chi connectivity index (χ1v) is 10.4. The van der Waals surface area contributed by atoms with E-state index in [0.29, 0.717) is 40.9 Å². The monoisotopic (exact) mass is 418 g/mol. The Bertz CT molecular complexity index is 902. The second kappa shape index (κ2) is 8.34. The van der Waals surface area contributed by atoms with E-state index >= 15 is 0 Å². The van der Waals surface area contributed by atoms with Gasteiger partial charge in [0.25, 0.3) is 5.88 Å². The first-order valence-electron chi connectivity index (χ1n) is 9.17. The van der Waals surface area contributed by atoms with Crippen molar-refractivity contribution in [3.63, 3.8) is 0 Å². The molecule has 2 aromatic rings. The molecule has 0 atom stereocenters. The quantitative estimate of drug-likeness (QED) is 0.254. The van der Waals surface area contributed by atoms with Crippen molar-refractivity contribution in [2.24, 2.45) is 5.84 Å². The fourth-order valence-electron chi connectivity index (χ4n) is 2.84. The number of hydrazine groups is 1. The third-order valence-electron chi connectivity index (χ3n) is 4.20. The van der Waals surface area contributed by atoms with Gasteiger partial charge in [0.05, 0.1) is 23.5 Å². The van der Waals surface area contributed by atoms with Gasteiger partial charge in [-0.1, -0.05) is 23.9 Å². The van der Waals surface area contributed by atoms with Crippen molar-refractivity contribution in [3.8, 4) is 5.88 Å². The molecule has 0 spiro atoms. The van der Waals surface area contributed by atoms with Crippen LogP contribution in [0.4, 0.5) is 16.2 Å². The van der Waals surface area contributed by atoms with Crippen LogP contribution in [0.15, 0.2) is 29.4 Å². The van der Waals surface area contributed by atoms with Gasteiger partial charge in [0.1, 0.15) is 11.3 Å². The number of carbonyl (C=O) groups is 1. The van der Waals surface area contributed by atoms with Crippen LogP contribution in [-0.2, 0) is 17.7 Å². The summed E-state index contributed by atoms with van der Waals surface area (Å²) in [5.74, 6) is 6.38. The van der Waals surface area contributed by atoms with Crippen molar-refractivity contribution in [3.05, 3.63) is 35.5 Å². The molecule has 0 aliphatic carbocycles. The summed E-state index contributed by atoms with van der Waals surface area (Å²) in [5.41, 5.74) is 7.91. The fourth-order valence-corrected chi connectivity index (χ4v) is 3.22. The Balaban J connectivity index is 1.88. The third-order valence-corrected chi connectivity index (χ3v) is 4.74. The Morgan fingerprint density at radius 2 is 2.00 bits per heavy atom. The first kappa shape index (κ1) is 21.0. The van der Waals surface area contributed by atoms with Crippen molar-refractivity contribution in [2.45, 2.75) is 44.5 Å². The number of hydrogen-bond acceptors (Lipinski definition) is 9. The number of benzene rings is 1. The standard InChI is InChI=1S/C19H26N6O3S/c1-19(2,3)27-18(26)24-10-9-14-12(11-24)16(23-17(22-14)29-4)28-25(21)15-8-6-5-7-13(15)20/h5-8H,9-11,20-21H2,1-4H3. The number of amides is 1. The number of rotatable bonds is 4. The molecule has 10 heteroatoms. The van der Waals surface area contributed by atoms with Gasteiger partial charge in [0.2, 0.25) is 0 Å². The number of ether oxygens (including phenoxy) is 1. The Labute approximate surface area is 174 Å². The Hall–Kier alpha value is -2.72. The van der Waals surface area contributed by atoms with E-state index in [2.05, 4.69) is 9.97 Å². The highest BCUT2D eigenvalue weighted by Crippen LogP contribution is 2.30. The number of para-hydroxylation sites is 2. The van der Waals surface area contributed by atoms with Gasteiger partial charge >= 0.3 is 6.09 Å². The summed E-state index contributed by atoms with van der Waals surface area (Å²) in [5, 5.41) is 1.65. The van der Waals surface area contributed by atoms with E-state index in [-0.39, 0.29) is 12.6 Å². The Kier molecular flexibility index (Phi) is 6.04. The molecule has 1 aliphatic rings. The van der Waals surface area contributed by atoms with E-state index in [1.807, 2.05) is 39.2 Å². The van der Waals surface area contributed by atoms with E-state index in [0.717, 1.165) is 10.9 Å². The normalized spacial score (nSPS) is 13.6. The topological polar surface area (TPSA) is 120 Å². The summed E-state index contributed by atoms with van der Waals surface area (Å²) in [6.07, 6.45) is 2.07. The number of anilines is 2. The average molecular weight is 419 g/mol. The van der Waals surface area contributed by atoms with Gasteiger partial charge in [0.15, 0.2) is 5.16 Å². The minimum atomic E-state index is -0.575. The maximum Gasteiger partial charge on any atom is 0.410 e. The zero-order valence-electron chi connectivity index (χ0n) is 17.0. The van der Waals surface area contributed by atoms with Crippen LogP contribution in [-0.4, -0.2) is 39.4 Å². The first-order chi connectivity index (χ1) is 13.7. The van der Waals surface area contributed by atoms with Gasteiger partial charge in [0, 0.05) is 13.0 Å². The summed E-state index contributed by atoms with van der Waals surface area (Å²) in [7, 11) is 0. The number of carbonyl (C=O) groups excluding carboxylic acids is 1. The molecule has 1 aromatic heterocycles. The molecule has 9 nitrogen and oxygen atoms in total. The number of fused-ring (bicyclic) bond motifs is 1. The highest BCUT2D eigenvalue weighted by atomic mass is 32.2. The van der Waals surface area contributed by atoms with E-state index in [4.69, 9.17) is 21.2 Å². The van der Waals surface area contributed by atoms with E-state index in [1.54, 1.807) is 17.0 Å². The lowest BCUT2D eigenvalue weighted by molar-refractivity contribution is 0.0219. The molecule has 0 radical (unpaired) electrons.